The maximum Gasteiger partial charge on any atom is 0.255 e. The number of hydrogen-bond donors (Lipinski definition) is 0. The quantitative estimate of drug-likeness (QED) is 0.809. The van der Waals surface area contributed by atoms with Crippen LogP contribution >= 0.6 is 15.9 Å². The topological polar surface area (TPSA) is 59.2 Å². The molecule has 0 saturated heterocycles. The molecule has 0 fully saturated rings. The summed E-state index contributed by atoms with van der Waals surface area (Å²) in [5.74, 6) is 0.863. The molecule has 1 aliphatic heterocycles. The minimum Gasteiger partial charge on any atom is -0.361 e. The van der Waals surface area contributed by atoms with Gasteiger partial charge in [0.25, 0.3) is 5.91 Å². The summed E-state index contributed by atoms with van der Waals surface area (Å²) >= 11 is 3.32. The lowest BCUT2D eigenvalue weighted by atomic mass is 10.1. The van der Waals surface area contributed by atoms with E-state index in [2.05, 4.69) is 26.1 Å². The number of hydrogen-bond acceptors (Lipinski definition) is 4. The molecular weight excluding hydrogens is 298 g/mol. The minimum atomic E-state index is -0.0179. The minimum absolute atomic E-state index is 0.0179. The van der Waals surface area contributed by atoms with Crippen LogP contribution < -0.4 is 0 Å². The Morgan fingerprint density at radius 2 is 2.28 bits per heavy atom. The average molecular weight is 308 g/mol. The van der Waals surface area contributed by atoms with Gasteiger partial charge in [0.05, 0.1) is 18.3 Å². The van der Waals surface area contributed by atoms with Crippen LogP contribution in [0.2, 0.25) is 0 Å². The molecule has 2 aromatic rings. The number of rotatable bonds is 1. The predicted octanol–water partition coefficient (Wildman–Crippen LogP) is 2.03. The molecule has 5 nitrogen and oxygen atoms in total. The van der Waals surface area contributed by atoms with Crippen LogP contribution in [0.1, 0.15) is 21.7 Å². The summed E-state index contributed by atoms with van der Waals surface area (Å²) in [4.78, 5) is 18.1. The molecule has 0 spiro atoms. The number of amides is 1. The van der Waals surface area contributed by atoms with Gasteiger partial charge in [0.15, 0.2) is 0 Å². The van der Waals surface area contributed by atoms with Crippen LogP contribution in [0, 0.1) is 0 Å². The van der Waals surface area contributed by atoms with Crippen LogP contribution in [0.3, 0.4) is 0 Å². The third-order valence-electron chi connectivity index (χ3n) is 2.94. The molecule has 0 aliphatic carbocycles. The summed E-state index contributed by atoms with van der Waals surface area (Å²) in [6.45, 7) is 1.19. The van der Waals surface area contributed by atoms with Crippen LogP contribution in [0.4, 0.5) is 0 Å². The van der Waals surface area contributed by atoms with Crippen molar-refractivity contribution < 1.29 is 9.32 Å². The van der Waals surface area contributed by atoms with Gasteiger partial charge in [-0.25, -0.2) is 0 Å². The predicted molar refractivity (Wildman–Crippen MR) is 66.9 cm³/mol. The molecule has 6 heteroatoms. The van der Waals surface area contributed by atoms with E-state index in [0.29, 0.717) is 25.1 Å². The van der Waals surface area contributed by atoms with E-state index in [9.17, 15) is 4.79 Å². The van der Waals surface area contributed by atoms with Gasteiger partial charge < -0.3 is 9.42 Å². The van der Waals surface area contributed by atoms with E-state index in [1.165, 1.54) is 0 Å². The van der Waals surface area contributed by atoms with E-state index in [0.717, 1.165) is 15.8 Å². The van der Waals surface area contributed by atoms with Crippen LogP contribution in [-0.2, 0) is 13.0 Å². The van der Waals surface area contributed by atoms with Crippen molar-refractivity contribution >= 4 is 21.8 Å². The summed E-state index contributed by atoms with van der Waals surface area (Å²) in [7, 11) is 0. The van der Waals surface area contributed by atoms with Crippen molar-refractivity contribution in [2.45, 2.75) is 13.0 Å². The Morgan fingerprint density at radius 1 is 1.39 bits per heavy atom. The monoisotopic (exact) mass is 307 g/mol. The Labute approximate surface area is 112 Å². The first-order valence-electron chi connectivity index (χ1n) is 5.56. The first-order valence-corrected chi connectivity index (χ1v) is 6.35. The molecule has 0 atom stereocenters. The van der Waals surface area contributed by atoms with E-state index >= 15 is 0 Å². The second kappa shape index (κ2) is 4.53. The highest BCUT2D eigenvalue weighted by Crippen LogP contribution is 2.20. The molecule has 0 unspecified atom stereocenters. The number of carbonyl (C=O) groups excluding carboxylic acids is 1. The van der Waals surface area contributed by atoms with Crippen molar-refractivity contribution in [2.24, 2.45) is 0 Å². The molecule has 0 N–H and O–H groups in total. The van der Waals surface area contributed by atoms with Gasteiger partial charge in [-0.1, -0.05) is 5.16 Å². The normalized spacial score (nSPS) is 14.4. The van der Waals surface area contributed by atoms with Gasteiger partial charge in [-0.05, 0) is 22.0 Å². The van der Waals surface area contributed by atoms with Gasteiger partial charge >= 0.3 is 0 Å². The van der Waals surface area contributed by atoms with Crippen molar-refractivity contribution in [3.05, 3.63) is 46.0 Å². The Morgan fingerprint density at radius 3 is 3.11 bits per heavy atom. The number of halogens is 1. The Hall–Kier alpha value is -1.69. The summed E-state index contributed by atoms with van der Waals surface area (Å²) in [5, 5.41) is 3.75. The highest BCUT2D eigenvalue weighted by atomic mass is 79.9. The van der Waals surface area contributed by atoms with Crippen LogP contribution in [0.15, 0.2) is 33.7 Å². The molecule has 18 heavy (non-hydrogen) atoms. The van der Waals surface area contributed by atoms with Crippen molar-refractivity contribution in [1.29, 1.82) is 0 Å². The molecule has 1 aliphatic rings. The van der Waals surface area contributed by atoms with E-state index in [1.807, 2.05) is 0 Å². The average Bonchev–Trinajstić information content (AvgIpc) is 2.85. The molecule has 3 rings (SSSR count). The molecule has 0 bridgehead atoms. The van der Waals surface area contributed by atoms with Crippen molar-refractivity contribution in [3.63, 3.8) is 0 Å². The molecular formula is C12H10BrN3O2. The molecule has 3 heterocycles. The highest BCUT2D eigenvalue weighted by Gasteiger charge is 2.24. The summed E-state index contributed by atoms with van der Waals surface area (Å²) in [6, 6.07) is 1.78. The summed E-state index contributed by atoms with van der Waals surface area (Å²) < 4.78 is 5.90. The fraction of sp³-hybridized carbons (Fsp3) is 0.250. The second-order valence-electron chi connectivity index (χ2n) is 4.14. The molecule has 1 amide bonds. The van der Waals surface area contributed by atoms with Gasteiger partial charge in [-0.15, -0.1) is 0 Å². The zero-order valence-electron chi connectivity index (χ0n) is 9.47. The number of aromatic nitrogens is 2. The first-order chi connectivity index (χ1) is 8.74. The SMILES string of the molecule is O=C(c1cncc(Br)c1)N1CCc2oncc2C1. The number of pyridine rings is 1. The fourth-order valence-electron chi connectivity index (χ4n) is 2.03. The van der Waals surface area contributed by atoms with E-state index in [-0.39, 0.29) is 5.91 Å². The lowest BCUT2D eigenvalue weighted by molar-refractivity contribution is 0.0728. The number of carbonyl (C=O) groups is 1. The lowest BCUT2D eigenvalue weighted by Crippen LogP contribution is -2.35. The van der Waals surface area contributed by atoms with E-state index in [4.69, 9.17) is 4.52 Å². The molecule has 0 saturated carbocycles. The van der Waals surface area contributed by atoms with Crippen LogP contribution in [0.25, 0.3) is 0 Å². The Bertz CT molecular complexity index is 597. The van der Waals surface area contributed by atoms with Gasteiger partial charge in [-0.2, -0.15) is 0 Å². The largest absolute Gasteiger partial charge is 0.361 e. The summed E-state index contributed by atoms with van der Waals surface area (Å²) in [6.07, 6.45) is 5.62. The maximum atomic E-state index is 12.3. The highest BCUT2D eigenvalue weighted by molar-refractivity contribution is 9.10. The van der Waals surface area contributed by atoms with Crippen molar-refractivity contribution in [1.82, 2.24) is 15.0 Å². The molecule has 0 radical (unpaired) electrons. The lowest BCUT2D eigenvalue weighted by Gasteiger charge is -2.25. The van der Waals surface area contributed by atoms with Crippen molar-refractivity contribution in [2.75, 3.05) is 6.54 Å². The van der Waals surface area contributed by atoms with Gasteiger partial charge in [-0.3, -0.25) is 9.78 Å². The smallest absolute Gasteiger partial charge is 0.255 e. The Balaban J connectivity index is 1.83. The van der Waals surface area contributed by atoms with Gasteiger partial charge in [0.1, 0.15) is 5.76 Å². The first kappa shape index (κ1) is 11.4. The number of nitrogens with zero attached hydrogens (tertiary/aromatic N) is 3. The van der Waals surface area contributed by atoms with E-state index < -0.39 is 0 Å². The Kier molecular flexibility index (Phi) is 2.87. The molecule has 2 aromatic heterocycles. The zero-order valence-corrected chi connectivity index (χ0v) is 11.1. The fourth-order valence-corrected chi connectivity index (χ4v) is 2.39. The van der Waals surface area contributed by atoms with Crippen molar-refractivity contribution in [3.8, 4) is 0 Å². The third kappa shape index (κ3) is 2.03. The molecule has 92 valence electrons. The number of fused-ring (bicyclic) bond motifs is 1. The molecule has 0 aromatic carbocycles. The van der Waals surface area contributed by atoms with Gasteiger partial charge in [0, 0.05) is 35.4 Å². The zero-order chi connectivity index (χ0) is 12.5. The maximum absolute atomic E-state index is 12.3. The third-order valence-corrected chi connectivity index (χ3v) is 3.37. The summed E-state index contributed by atoms with van der Waals surface area (Å²) in [5.41, 5.74) is 1.57. The van der Waals surface area contributed by atoms with Crippen LogP contribution in [-0.4, -0.2) is 27.5 Å². The van der Waals surface area contributed by atoms with Crippen LogP contribution in [0.5, 0.6) is 0 Å². The standard InChI is InChI=1S/C12H10BrN3O2/c13-10-3-8(4-14-6-10)12(17)16-2-1-11-9(7-16)5-15-18-11/h3-6H,1-2,7H2. The second-order valence-corrected chi connectivity index (χ2v) is 5.06. The van der Waals surface area contributed by atoms with E-state index in [1.54, 1.807) is 29.6 Å². The van der Waals surface area contributed by atoms with Gasteiger partial charge in [0.2, 0.25) is 0 Å².